The van der Waals surface area contributed by atoms with Crippen LogP contribution in [-0.4, -0.2) is 31.6 Å². The maximum atomic E-state index is 6.25. The van der Waals surface area contributed by atoms with Gasteiger partial charge in [0.25, 0.3) is 0 Å². The van der Waals surface area contributed by atoms with Crippen molar-refractivity contribution in [3.05, 3.63) is 34.9 Å². The van der Waals surface area contributed by atoms with Gasteiger partial charge in [0.2, 0.25) is 0 Å². The Labute approximate surface area is 116 Å². The van der Waals surface area contributed by atoms with Gasteiger partial charge in [-0.05, 0) is 51.2 Å². The van der Waals surface area contributed by atoms with Gasteiger partial charge in [-0.25, -0.2) is 0 Å². The Morgan fingerprint density at radius 3 is 2.50 bits per heavy atom. The van der Waals surface area contributed by atoms with Gasteiger partial charge in [-0.1, -0.05) is 43.6 Å². The average Bonchev–Trinajstić information content (AvgIpc) is 2.40. The Balaban J connectivity index is 2.60. The Hall–Kier alpha value is -0.570. The first-order chi connectivity index (χ1) is 8.72. The Bertz CT molecular complexity index is 341. The molecule has 0 aliphatic rings. The van der Waals surface area contributed by atoms with Crippen molar-refractivity contribution in [1.82, 2.24) is 10.2 Å². The second-order valence-electron chi connectivity index (χ2n) is 4.59. The van der Waals surface area contributed by atoms with Crippen LogP contribution in [0.5, 0.6) is 0 Å². The van der Waals surface area contributed by atoms with Gasteiger partial charge in [0.05, 0.1) is 0 Å². The summed E-state index contributed by atoms with van der Waals surface area (Å²) in [6.07, 6.45) is 2.30. The maximum Gasteiger partial charge on any atom is 0.0453 e. The van der Waals surface area contributed by atoms with Crippen LogP contribution < -0.4 is 5.32 Å². The van der Waals surface area contributed by atoms with Gasteiger partial charge in [0, 0.05) is 11.1 Å². The van der Waals surface area contributed by atoms with E-state index in [-0.39, 0.29) is 0 Å². The molecule has 1 N–H and O–H groups in total. The van der Waals surface area contributed by atoms with Gasteiger partial charge in [0.1, 0.15) is 0 Å². The molecule has 102 valence electrons. The lowest BCUT2D eigenvalue weighted by Gasteiger charge is -2.24. The first-order valence-corrected chi connectivity index (χ1v) is 7.24. The van der Waals surface area contributed by atoms with Crippen LogP contribution in [0, 0.1) is 0 Å². The number of rotatable bonds is 8. The molecule has 0 radical (unpaired) electrons. The monoisotopic (exact) mass is 268 g/mol. The standard InChI is InChI=1S/C15H25ClN2/c1-4-11-18(5-2)12-10-15(17-3)13-8-6-7-9-14(13)16/h6-9,15,17H,4-5,10-12H2,1-3H3. The van der Waals surface area contributed by atoms with Crippen molar-refractivity contribution in [2.24, 2.45) is 0 Å². The van der Waals surface area contributed by atoms with Crippen LogP contribution in [0.4, 0.5) is 0 Å². The second-order valence-corrected chi connectivity index (χ2v) is 4.99. The first kappa shape index (κ1) is 15.5. The largest absolute Gasteiger partial charge is 0.313 e. The molecule has 1 atom stereocenters. The highest BCUT2D eigenvalue weighted by Crippen LogP contribution is 2.24. The lowest BCUT2D eigenvalue weighted by atomic mass is 10.0. The predicted molar refractivity (Wildman–Crippen MR) is 80.3 cm³/mol. The molecule has 0 spiro atoms. The molecule has 1 rings (SSSR count). The average molecular weight is 269 g/mol. The number of nitrogens with zero attached hydrogens (tertiary/aromatic N) is 1. The van der Waals surface area contributed by atoms with E-state index in [0.717, 1.165) is 24.5 Å². The molecule has 0 aliphatic heterocycles. The van der Waals surface area contributed by atoms with Crippen molar-refractivity contribution in [1.29, 1.82) is 0 Å². The van der Waals surface area contributed by atoms with Gasteiger partial charge in [0.15, 0.2) is 0 Å². The van der Waals surface area contributed by atoms with Gasteiger partial charge < -0.3 is 10.2 Å². The summed E-state index contributed by atoms with van der Waals surface area (Å²) in [6.45, 7) is 7.86. The molecule has 1 unspecified atom stereocenters. The smallest absolute Gasteiger partial charge is 0.0453 e. The molecule has 1 aromatic rings. The highest BCUT2D eigenvalue weighted by molar-refractivity contribution is 6.31. The molecule has 0 bridgehead atoms. The molecule has 1 aromatic carbocycles. The molecule has 0 heterocycles. The highest BCUT2D eigenvalue weighted by Gasteiger charge is 2.13. The van der Waals surface area contributed by atoms with Crippen LogP contribution in [0.15, 0.2) is 24.3 Å². The summed E-state index contributed by atoms with van der Waals surface area (Å²) in [5.41, 5.74) is 1.20. The quantitative estimate of drug-likeness (QED) is 0.773. The zero-order valence-corrected chi connectivity index (χ0v) is 12.5. The van der Waals surface area contributed by atoms with Crippen molar-refractivity contribution in [2.75, 3.05) is 26.7 Å². The minimum Gasteiger partial charge on any atom is -0.313 e. The molecule has 3 heteroatoms. The SMILES string of the molecule is CCCN(CC)CCC(NC)c1ccccc1Cl. The van der Waals surface area contributed by atoms with E-state index in [0.29, 0.717) is 6.04 Å². The highest BCUT2D eigenvalue weighted by atomic mass is 35.5. The Kier molecular flexibility index (Phi) is 7.33. The molecule has 18 heavy (non-hydrogen) atoms. The van der Waals surface area contributed by atoms with Crippen molar-refractivity contribution in [3.63, 3.8) is 0 Å². The van der Waals surface area contributed by atoms with Crippen molar-refractivity contribution in [2.45, 2.75) is 32.7 Å². The number of benzene rings is 1. The van der Waals surface area contributed by atoms with E-state index >= 15 is 0 Å². The van der Waals surface area contributed by atoms with Gasteiger partial charge in [-0.2, -0.15) is 0 Å². The third-order valence-corrected chi connectivity index (χ3v) is 3.69. The summed E-state index contributed by atoms with van der Waals surface area (Å²) >= 11 is 6.25. The van der Waals surface area contributed by atoms with E-state index in [9.17, 15) is 0 Å². The summed E-state index contributed by atoms with van der Waals surface area (Å²) in [5, 5.41) is 4.23. The third-order valence-electron chi connectivity index (χ3n) is 3.35. The first-order valence-electron chi connectivity index (χ1n) is 6.86. The van der Waals surface area contributed by atoms with Crippen LogP contribution in [0.1, 0.15) is 38.3 Å². The van der Waals surface area contributed by atoms with E-state index < -0.39 is 0 Å². The minimum atomic E-state index is 0.338. The summed E-state index contributed by atoms with van der Waals surface area (Å²) in [4.78, 5) is 2.49. The topological polar surface area (TPSA) is 15.3 Å². The number of hydrogen-bond acceptors (Lipinski definition) is 2. The lowest BCUT2D eigenvalue weighted by molar-refractivity contribution is 0.271. The molecular weight excluding hydrogens is 244 g/mol. The molecule has 0 aliphatic carbocycles. The predicted octanol–water partition coefficient (Wildman–Crippen LogP) is 3.72. The van der Waals surface area contributed by atoms with Crippen LogP contribution in [0.2, 0.25) is 5.02 Å². The number of hydrogen-bond donors (Lipinski definition) is 1. The Morgan fingerprint density at radius 2 is 1.94 bits per heavy atom. The van der Waals surface area contributed by atoms with Crippen molar-refractivity contribution in [3.8, 4) is 0 Å². The summed E-state index contributed by atoms with van der Waals surface area (Å²) in [5.74, 6) is 0. The molecule has 0 saturated carbocycles. The van der Waals surface area contributed by atoms with Gasteiger partial charge in [-0.3, -0.25) is 0 Å². The fourth-order valence-corrected chi connectivity index (χ4v) is 2.54. The van der Waals surface area contributed by atoms with Gasteiger partial charge in [-0.15, -0.1) is 0 Å². The van der Waals surface area contributed by atoms with Crippen LogP contribution >= 0.6 is 11.6 Å². The normalized spacial score (nSPS) is 12.9. The molecule has 0 amide bonds. The zero-order valence-electron chi connectivity index (χ0n) is 11.7. The molecule has 2 nitrogen and oxygen atoms in total. The van der Waals surface area contributed by atoms with E-state index in [4.69, 9.17) is 11.6 Å². The van der Waals surface area contributed by atoms with Gasteiger partial charge >= 0.3 is 0 Å². The van der Waals surface area contributed by atoms with Crippen LogP contribution in [0.3, 0.4) is 0 Å². The van der Waals surface area contributed by atoms with Crippen LogP contribution in [0.25, 0.3) is 0 Å². The number of nitrogens with one attached hydrogen (secondary N) is 1. The molecule has 0 fully saturated rings. The molecule has 0 aromatic heterocycles. The summed E-state index contributed by atoms with van der Waals surface area (Å²) in [7, 11) is 2.00. The molecule has 0 saturated heterocycles. The van der Waals surface area contributed by atoms with E-state index in [1.807, 2.05) is 19.2 Å². The van der Waals surface area contributed by atoms with Crippen LogP contribution in [-0.2, 0) is 0 Å². The minimum absolute atomic E-state index is 0.338. The Morgan fingerprint density at radius 1 is 1.22 bits per heavy atom. The van der Waals surface area contributed by atoms with E-state index in [1.54, 1.807) is 0 Å². The molecular formula is C15H25ClN2. The zero-order chi connectivity index (χ0) is 13.4. The van der Waals surface area contributed by atoms with E-state index in [2.05, 4.69) is 36.2 Å². The van der Waals surface area contributed by atoms with E-state index in [1.165, 1.54) is 18.5 Å². The summed E-state index contributed by atoms with van der Waals surface area (Å²) in [6, 6.07) is 8.44. The summed E-state index contributed by atoms with van der Waals surface area (Å²) < 4.78 is 0. The number of halogens is 1. The maximum absolute atomic E-state index is 6.25. The lowest BCUT2D eigenvalue weighted by Crippen LogP contribution is -2.29. The van der Waals surface area contributed by atoms with Crippen molar-refractivity contribution < 1.29 is 0 Å². The fraction of sp³-hybridized carbons (Fsp3) is 0.600. The van der Waals surface area contributed by atoms with Crippen molar-refractivity contribution >= 4 is 11.6 Å². The fourth-order valence-electron chi connectivity index (χ4n) is 2.27. The second kappa shape index (κ2) is 8.52. The third kappa shape index (κ3) is 4.60.